The van der Waals surface area contributed by atoms with Crippen molar-refractivity contribution in [2.45, 2.75) is 38.3 Å². The van der Waals surface area contributed by atoms with Gasteiger partial charge in [0.2, 0.25) is 34.8 Å². The molecule has 0 saturated heterocycles. The van der Waals surface area contributed by atoms with Crippen LogP contribution in [0.1, 0.15) is 43.4 Å². The molecule has 1 amide bonds. The monoisotopic (exact) mass is 519 g/mol. The van der Waals surface area contributed by atoms with Crippen LogP contribution >= 0.6 is 0 Å². The van der Waals surface area contributed by atoms with E-state index in [0.29, 0.717) is 24.0 Å². The lowest BCUT2D eigenvalue weighted by Gasteiger charge is -2.35. The second kappa shape index (κ2) is 10.6. The van der Waals surface area contributed by atoms with Crippen LogP contribution < -0.4 is 4.74 Å². The zero-order chi connectivity index (χ0) is 26.9. The van der Waals surface area contributed by atoms with Gasteiger partial charge in [-0.25, -0.2) is 22.8 Å². The number of unbranched alkanes of at least 4 members (excludes halogenated alkanes) is 1. The van der Waals surface area contributed by atoms with Gasteiger partial charge >= 0.3 is 12.1 Å². The number of hydrogen-bond acceptors (Lipinski definition) is 4. The molecule has 0 radical (unpaired) electrons. The highest BCUT2D eigenvalue weighted by Gasteiger charge is 2.43. The fourth-order valence-electron chi connectivity index (χ4n) is 4.56. The maximum Gasteiger partial charge on any atom is 0.411 e. The highest BCUT2D eigenvalue weighted by molar-refractivity contribution is 5.86. The van der Waals surface area contributed by atoms with Crippen LogP contribution in [0.3, 0.4) is 0 Å². The smallest absolute Gasteiger partial charge is 0.411 e. The number of carbonyl (C=O) groups is 2. The minimum atomic E-state index is -2.38. The van der Waals surface area contributed by atoms with E-state index in [-0.39, 0.29) is 6.42 Å². The van der Waals surface area contributed by atoms with E-state index in [4.69, 9.17) is 9.47 Å². The molecule has 0 saturated carbocycles. The molecule has 37 heavy (non-hydrogen) atoms. The van der Waals surface area contributed by atoms with Crippen LogP contribution in [-0.2, 0) is 9.53 Å². The predicted molar refractivity (Wildman–Crippen MR) is 123 cm³/mol. The lowest BCUT2D eigenvalue weighted by molar-refractivity contribution is -0.141. The fraction of sp³-hybridized carbons (Fsp3) is 0.259. The van der Waals surface area contributed by atoms with Crippen molar-refractivity contribution in [1.29, 1.82) is 0 Å². The van der Waals surface area contributed by atoms with Crippen molar-refractivity contribution in [3.8, 4) is 16.9 Å². The maximum atomic E-state index is 14.3. The first-order valence-electron chi connectivity index (χ1n) is 11.5. The number of benzene rings is 3. The summed E-state index contributed by atoms with van der Waals surface area (Å²) in [6, 6.07) is 12.0. The minimum absolute atomic E-state index is 0.0271. The average molecular weight is 519 g/mol. The molecule has 0 aliphatic heterocycles. The standard InChI is InChI=1S/C27H22F5NO4/c1-3-4-13-18(26(34)37-25-22(31)20(29)19(28)21(30)23(25)32)33(27(35)36-2)24-16-11-7-5-9-14(16)15-10-6-8-12-17(15)24/h5-12,18,24H,3-4,13H2,1-2H3/t18-/m0/s1. The van der Waals surface area contributed by atoms with Gasteiger partial charge in [-0.1, -0.05) is 68.3 Å². The van der Waals surface area contributed by atoms with E-state index in [0.717, 1.165) is 23.1 Å². The fourth-order valence-corrected chi connectivity index (χ4v) is 4.56. The van der Waals surface area contributed by atoms with Gasteiger partial charge in [0.15, 0.2) is 0 Å². The second-order valence-electron chi connectivity index (χ2n) is 8.43. The lowest BCUT2D eigenvalue weighted by Crippen LogP contribution is -2.48. The number of methoxy groups -OCH3 is 1. The molecule has 1 aliphatic carbocycles. The van der Waals surface area contributed by atoms with E-state index in [9.17, 15) is 31.5 Å². The first-order chi connectivity index (χ1) is 17.7. The number of amides is 1. The second-order valence-corrected chi connectivity index (χ2v) is 8.43. The molecule has 5 nitrogen and oxygen atoms in total. The van der Waals surface area contributed by atoms with Gasteiger partial charge in [0.05, 0.1) is 13.2 Å². The Morgan fingerprint density at radius 3 is 1.81 bits per heavy atom. The Bertz CT molecular complexity index is 1290. The molecule has 4 rings (SSSR count). The number of esters is 1. The van der Waals surface area contributed by atoms with Crippen LogP contribution in [0.2, 0.25) is 0 Å². The number of nitrogens with zero attached hydrogens (tertiary/aromatic N) is 1. The first-order valence-corrected chi connectivity index (χ1v) is 11.5. The molecule has 0 unspecified atom stereocenters. The molecule has 0 heterocycles. The molecule has 3 aromatic rings. The van der Waals surface area contributed by atoms with Crippen LogP contribution in [0.25, 0.3) is 11.1 Å². The SMILES string of the molecule is CCCC[C@@H](C(=O)Oc1c(F)c(F)c(F)c(F)c1F)N(C(=O)OC)C1c2ccccc2-c2ccccc21. The van der Waals surface area contributed by atoms with Crippen molar-refractivity contribution in [3.05, 3.63) is 88.7 Å². The van der Waals surface area contributed by atoms with Gasteiger partial charge in [-0.05, 0) is 28.7 Å². The molecule has 0 spiro atoms. The van der Waals surface area contributed by atoms with Gasteiger partial charge in [0.1, 0.15) is 6.04 Å². The van der Waals surface area contributed by atoms with Crippen molar-refractivity contribution in [2.75, 3.05) is 7.11 Å². The number of hydrogen-bond donors (Lipinski definition) is 0. The first kappa shape index (κ1) is 26.1. The number of fused-ring (bicyclic) bond motifs is 3. The van der Waals surface area contributed by atoms with Crippen LogP contribution in [0.5, 0.6) is 5.75 Å². The van der Waals surface area contributed by atoms with Gasteiger partial charge in [0.25, 0.3) is 0 Å². The molecule has 0 fully saturated rings. The number of carbonyl (C=O) groups excluding carboxylic acids is 2. The molecule has 10 heteroatoms. The number of rotatable bonds is 7. The van der Waals surface area contributed by atoms with Crippen LogP contribution in [0.15, 0.2) is 48.5 Å². The molecular formula is C27H22F5NO4. The summed E-state index contributed by atoms with van der Waals surface area (Å²) in [5, 5.41) is 0. The summed E-state index contributed by atoms with van der Waals surface area (Å²) in [4.78, 5) is 27.6. The Kier molecular flexibility index (Phi) is 7.47. The van der Waals surface area contributed by atoms with E-state index in [1.165, 1.54) is 0 Å². The van der Waals surface area contributed by atoms with Gasteiger partial charge in [-0.3, -0.25) is 4.90 Å². The third-order valence-corrected chi connectivity index (χ3v) is 6.28. The molecule has 1 aliphatic rings. The molecule has 1 atom stereocenters. The van der Waals surface area contributed by atoms with Crippen LogP contribution in [0, 0.1) is 29.1 Å². The Morgan fingerprint density at radius 1 is 0.838 bits per heavy atom. The predicted octanol–water partition coefficient (Wildman–Crippen LogP) is 6.68. The van der Waals surface area contributed by atoms with E-state index in [1.807, 2.05) is 31.2 Å². The summed E-state index contributed by atoms with van der Waals surface area (Å²) in [5.41, 5.74) is 2.94. The number of halogens is 5. The van der Waals surface area contributed by atoms with Gasteiger partial charge < -0.3 is 9.47 Å². The summed E-state index contributed by atoms with van der Waals surface area (Å²) in [6.07, 6.45) is -0.0211. The Hall–Kier alpha value is -3.95. The number of ether oxygens (including phenoxy) is 2. The topological polar surface area (TPSA) is 55.8 Å². The molecule has 0 aromatic heterocycles. The minimum Gasteiger partial charge on any atom is -0.453 e. The van der Waals surface area contributed by atoms with Crippen molar-refractivity contribution < 1.29 is 41.0 Å². The maximum absolute atomic E-state index is 14.3. The quantitative estimate of drug-likeness (QED) is 0.115. The molecule has 3 aromatic carbocycles. The summed E-state index contributed by atoms with van der Waals surface area (Å²) >= 11 is 0. The largest absolute Gasteiger partial charge is 0.453 e. The van der Waals surface area contributed by atoms with Gasteiger partial charge in [-0.15, -0.1) is 0 Å². The van der Waals surface area contributed by atoms with Crippen molar-refractivity contribution in [3.63, 3.8) is 0 Å². The highest BCUT2D eigenvalue weighted by atomic mass is 19.2. The third-order valence-electron chi connectivity index (χ3n) is 6.28. The molecule has 194 valence electrons. The summed E-state index contributed by atoms with van der Waals surface area (Å²) in [5.74, 6) is -14.6. The normalized spacial score (nSPS) is 13.1. The zero-order valence-electron chi connectivity index (χ0n) is 19.9. The Morgan fingerprint density at radius 2 is 1.32 bits per heavy atom. The van der Waals surface area contributed by atoms with E-state index in [2.05, 4.69) is 0 Å². The molecular weight excluding hydrogens is 497 g/mol. The van der Waals surface area contributed by atoms with E-state index in [1.54, 1.807) is 24.3 Å². The molecule has 0 N–H and O–H groups in total. The summed E-state index contributed by atoms with van der Waals surface area (Å²) in [6.45, 7) is 1.81. The molecule has 0 bridgehead atoms. The van der Waals surface area contributed by atoms with Crippen LogP contribution in [-0.4, -0.2) is 30.1 Å². The van der Waals surface area contributed by atoms with Crippen molar-refractivity contribution >= 4 is 12.1 Å². The van der Waals surface area contributed by atoms with E-state index >= 15 is 0 Å². The third kappa shape index (κ3) is 4.52. The van der Waals surface area contributed by atoms with E-state index < -0.39 is 59.0 Å². The zero-order valence-corrected chi connectivity index (χ0v) is 19.9. The summed E-state index contributed by atoms with van der Waals surface area (Å²) in [7, 11) is 1.11. The Balaban J connectivity index is 1.83. The Labute approximate surface area is 209 Å². The highest BCUT2D eigenvalue weighted by Crippen LogP contribution is 2.47. The van der Waals surface area contributed by atoms with Crippen molar-refractivity contribution in [2.24, 2.45) is 0 Å². The average Bonchev–Trinajstić information content (AvgIpc) is 3.24. The van der Waals surface area contributed by atoms with Crippen molar-refractivity contribution in [1.82, 2.24) is 4.90 Å². The van der Waals surface area contributed by atoms with Gasteiger partial charge in [-0.2, -0.15) is 8.78 Å². The van der Waals surface area contributed by atoms with Gasteiger partial charge in [0, 0.05) is 0 Å². The summed E-state index contributed by atoms with van der Waals surface area (Å²) < 4.78 is 79.3. The van der Waals surface area contributed by atoms with Crippen LogP contribution in [0.4, 0.5) is 26.7 Å². The lowest BCUT2D eigenvalue weighted by atomic mass is 9.99.